The van der Waals surface area contributed by atoms with Gasteiger partial charge in [0, 0.05) is 6.04 Å². The van der Waals surface area contributed by atoms with Crippen LogP contribution in [0.25, 0.3) is 0 Å². The van der Waals surface area contributed by atoms with Gasteiger partial charge >= 0.3 is 0 Å². The van der Waals surface area contributed by atoms with Gasteiger partial charge in [0.25, 0.3) is 0 Å². The summed E-state index contributed by atoms with van der Waals surface area (Å²) in [5.41, 5.74) is 2.40. The van der Waals surface area contributed by atoms with Crippen LogP contribution in [0.5, 0.6) is 0 Å². The lowest BCUT2D eigenvalue weighted by Gasteiger charge is -2.25. The molecule has 1 rings (SSSR count). The molecule has 0 bridgehead atoms. The molecule has 0 saturated heterocycles. The molecule has 0 aliphatic carbocycles. The van der Waals surface area contributed by atoms with Gasteiger partial charge in [-0.1, -0.05) is 52.0 Å². The summed E-state index contributed by atoms with van der Waals surface area (Å²) in [6, 6.07) is 8.51. The van der Waals surface area contributed by atoms with Crippen molar-refractivity contribution in [3.8, 4) is 0 Å². The van der Waals surface area contributed by atoms with Crippen molar-refractivity contribution >= 4 is 11.8 Å². The Labute approximate surface area is 158 Å². The van der Waals surface area contributed by atoms with Gasteiger partial charge in [-0.05, 0) is 43.9 Å². The molecule has 0 fully saturated rings. The molecular weight excluding hydrogens is 326 g/mol. The molecule has 0 unspecified atom stereocenters. The molecule has 5 nitrogen and oxygen atoms in total. The number of amides is 2. The first-order valence-electron chi connectivity index (χ1n) is 9.47. The summed E-state index contributed by atoms with van der Waals surface area (Å²) in [4.78, 5) is 26.0. The monoisotopic (exact) mass is 361 g/mol. The third kappa shape index (κ3) is 7.56. The highest BCUT2D eigenvalue weighted by Crippen LogP contribution is 2.24. The molecule has 1 atom stereocenters. The molecule has 5 heteroatoms. The van der Waals surface area contributed by atoms with Crippen molar-refractivity contribution in [2.24, 2.45) is 5.92 Å². The Kier molecular flexibility index (Phi) is 8.79. The van der Waals surface area contributed by atoms with Crippen molar-refractivity contribution in [2.75, 3.05) is 20.1 Å². The van der Waals surface area contributed by atoms with E-state index in [0.29, 0.717) is 5.92 Å². The zero-order valence-corrected chi connectivity index (χ0v) is 17.3. The highest BCUT2D eigenvalue weighted by Gasteiger charge is 2.20. The molecule has 2 N–H and O–H groups in total. The molecule has 0 aromatic heterocycles. The quantitative estimate of drug-likeness (QED) is 0.710. The fourth-order valence-electron chi connectivity index (χ4n) is 2.86. The smallest absolute Gasteiger partial charge is 0.234 e. The van der Waals surface area contributed by atoms with E-state index in [9.17, 15) is 9.59 Å². The van der Waals surface area contributed by atoms with Gasteiger partial charge in [0.15, 0.2) is 0 Å². The maximum atomic E-state index is 12.4. The van der Waals surface area contributed by atoms with Gasteiger partial charge in [-0.15, -0.1) is 0 Å². The van der Waals surface area contributed by atoms with Crippen molar-refractivity contribution in [2.45, 2.75) is 59.5 Å². The van der Waals surface area contributed by atoms with Crippen LogP contribution < -0.4 is 10.6 Å². The Morgan fingerprint density at radius 3 is 1.73 bits per heavy atom. The Bertz CT molecular complexity index is 579. The number of carbonyl (C=O) groups is 2. The van der Waals surface area contributed by atoms with Crippen LogP contribution in [0, 0.1) is 5.92 Å². The number of hydrogen-bond donors (Lipinski definition) is 2. The summed E-state index contributed by atoms with van der Waals surface area (Å²) in [5, 5.41) is 5.95. The van der Waals surface area contributed by atoms with Gasteiger partial charge in [-0.25, -0.2) is 0 Å². The number of rotatable bonds is 9. The van der Waals surface area contributed by atoms with Crippen LogP contribution in [-0.4, -0.2) is 42.9 Å². The van der Waals surface area contributed by atoms with E-state index in [0.717, 1.165) is 5.56 Å². The lowest BCUT2D eigenvalue weighted by molar-refractivity contribution is -0.125. The maximum Gasteiger partial charge on any atom is 0.234 e. The van der Waals surface area contributed by atoms with Gasteiger partial charge in [0.1, 0.15) is 0 Å². The summed E-state index contributed by atoms with van der Waals surface area (Å²) in [7, 11) is 1.78. The van der Waals surface area contributed by atoms with Crippen LogP contribution in [0.1, 0.15) is 64.6 Å². The topological polar surface area (TPSA) is 61.4 Å². The fourth-order valence-corrected chi connectivity index (χ4v) is 2.86. The number of likely N-dealkylation sites (N-methyl/N-ethyl adjacent to an activating group) is 1. The van der Waals surface area contributed by atoms with Crippen molar-refractivity contribution in [1.29, 1.82) is 0 Å². The Hall–Kier alpha value is -1.88. The normalized spacial score (nSPS) is 12.7. The average Bonchev–Trinajstić information content (AvgIpc) is 2.51. The highest BCUT2D eigenvalue weighted by atomic mass is 16.2. The first kappa shape index (κ1) is 22.2. The van der Waals surface area contributed by atoms with Crippen molar-refractivity contribution in [3.63, 3.8) is 0 Å². The van der Waals surface area contributed by atoms with E-state index >= 15 is 0 Å². The number of benzene rings is 1. The molecule has 1 aromatic rings. The van der Waals surface area contributed by atoms with Crippen LogP contribution in [0.4, 0.5) is 0 Å². The van der Waals surface area contributed by atoms with E-state index in [1.54, 1.807) is 11.9 Å². The molecule has 0 saturated carbocycles. The predicted molar refractivity (Wildman–Crippen MR) is 107 cm³/mol. The summed E-state index contributed by atoms with van der Waals surface area (Å²) in [5.74, 6) is 0.622. The largest absolute Gasteiger partial charge is 0.353 e. The Balaban J connectivity index is 2.66. The third-order valence-corrected chi connectivity index (χ3v) is 4.22. The molecular formula is C21H35N3O2. The zero-order chi connectivity index (χ0) is 19.9. The average molecular weight is 362 g/mol. The summed E-state index contributed by atoms with van der Waals surface area (Å²) < 4.78 is 0. The van der Waals surface area contributed by atoms with Crippen molar-refractivity contribution < 1.29 is 9.59 Å². The second-order valence-electron chi connectivity index (χ2n) is 8.01. The predicted octanol–water partition coefficient (Wildman–Crippen LogP) is 3.08. The van der Waals surface area contributed by atoms with Crippen LogP contribution in [-0.2, 0) is 9.59 Å². The molecule has 0 aliphatic heterocycles. The fraction of sp³-hybridized carbons (Fsp3) is 0.619. The molecule has 26 heavy (non-hydrogen) atoms. The summed E-state index contributed by atoms with van der Waals surface area (Å²) in [6.07, 6.45) is 0. The number of carbonyl (C=O) groups excluding carboxylic acids is 2. The SMILES string of the molecule is CC(C)NC(=O)CN(C)CC(=O)N[C@@H](c1ccc(C(C)C)cc1)C(C)C. The van der Waals surface area contributed by atoms with E-state index in [-0.39, 0.29) is 42.9 Å². The first-order chi connectivity index (χ1) is 12.1. The van der Waals surface area contributed by atoms with Gasteiger partial charge < -0.3 is 10.6 Å². The molecule has 1 aromatic carbocycles. The molecule has 0 aliphatic rings. The van der Waals surface area contributed by atoms with Crippen LogP contribution in [0.3, 0.4) is 0 Å². The molecule has 0 radical (unpaired) electrons. The minimum atomic E-state index is -0.0727. The summed E-state index contributed by atoms with van der Waals surface area (Å²) >= 11 is 0. The van der Waals surface area contributed by atoms with Gasteiger partial charge in [-0.2, -0.15) is 0 Å². The van der Waals surface area contributed by atoms with Gasteiger partial charge in [0.2, 0.25) is 11.8 Å². The van der Waals surface area contributed by atoms with E-state index < -0.39 is 0 Å². The third-order valence-electron chi connectivity index (χ3n) is 4.22. The van der Waals surface area contributed by atoms with E-state index in [1.807, 2.05) is 13.8 Å². The number of hydrogen-bond acceptors (Lipinski definition) is 3. The second kappa shape index (κ2) is 10.3. The van der Waals surface area contributed by atoms with E-state index in [4.69, 9.17) is 0 Å². The summed E-state index contributed by atoms with van der Waals surface area (Å²) in [6.45, 7) is 12.8. The minimum Gasteiger partial charge on any atom is -0.353 e. The van der Waals surface area contributed by atoms with E-state index in [2.05, 4.69) is 62.6 Å². The lowest BCUT2D eigenvalue weighted by Crippen LogP contribution is -2.43. The van der Waals surface area contributed by atoms with Gasteiger partial charge in [-0.3, -0.25) is 14.5 Å². The molecule has 0 spiro atoms. The number of nitrogens with zero attached hydrogens (tertiary/aromatic N) is 1. The zero-order valence-electron chi connectivity index (χ0n) is 17.3. The number of nitrogens with one attached hydrogen (secondary N) is 2. The second-order valence-corrected chi connectivity index (χ2v) is 8.01. The Morgan fingerprint density at radius 1 is 0.846 bits per heavy atom. The van der Waals surface area contributed by atoms with Crippen molar-refractivity contribution in [1.82, 2.24) is 15.5 Å². The molecule has 2 amide bonds. The Morgan fingerprint density at radius 2 is 1.31 bits per heavy atom. The highest BCUT2D eigenvalue weighted by molar-refractivity contribution is 5.81. The minimum absolute atomic E-state index is 0.0402. The first-order valence-corrected chi connectivity index (χ1v) is 9.47. The molecule has 146 valence electrons. The maximum absolute atomic E-state index is 12.4. The van der Waals surface area contributed by atoms with Gasteiger partial charge in [0.05, 0.1) is 19.1 Å². The van der Waals surface area contributed by atoms with Crippen LogP contribution in [0.15, 0.2) is 24.3 Å². The lowest BCUT2D eigenvalue weighted by atomic mass is 9.93. The van der Waals surface area contributed by atoms with E-state index in [1.165, 1.54) is 5.56 Å². The van der Waals surface area contributed by atoms with Crippen LogP contribution in [0.2, 0.25) is 0 Å². The standard InChI is InChI=1S/C21H35N3O2/c1-14(2)17-8-10-18(11-9-17)21(15(3)4)23-20(26)13-24(7)12-19(25)22-16(5)6/h8-11,14-16,21H,12-13H2,1-7H3,(H,22,25)(H,23,26)/t21-/m1/s1. The molecule has 0 heterocycles. The van der Waals surface area contributed by atoms with Crippen molar-refractivity contribution in [3.05, 3.63) is 35.4 Å². The van der Waals surface area contributed by atoms with Crippen LogP contribution >= 0.6 is 0 Å².